The third-order valence-electron chi connectivity index (χ3n) is 5.44. The van der Waals surface area contributed by atoms with Gasteiger partial charge >= 0.3 is 7.12 Å². The second kappa shape index (κ2) is 6.17. The number of benzene rings is 1. The topological polar surface area (TPSA) is 59.6 Å². The number of nitrogens with one attached hydrogen (secondary N) is 2. The number of amides is 1. The Morgan fingerprint density at radius 2 is 1.92 bits per heavy atom. The first-order chi connectivity index (χ1) is 11.2. The molecule has 24 heavy (non-hydrogen) atoms. The second-order valence-electron chi connectivity index (χ2n) is 7.82. The van der Waals surface area contributed by atoms with E-state index in [1.54, 1.807) is 0 Å². The molecule has 1 atom stereocenters. The van der Waals surface area contributed by atoms with Crippen molar-refractivity contribution in [3.63, 3.8) is 0 Å². The molecule has 0 saturated carbocycles. The van der Waals surface area contributed by atoms with Gasteiger partial charge in [0.2, 0.25) is 0 Å². The van der Waals surface area contributed by atoms with Gasteiger partial charge in [0.1, 0.15) is 0 Å². The monoisotopic (exact) mass is 330 g/mol. The highest BCUT2D eigenvalue weighted by Crippen LogP contribution is 2.36. The van der Waals surface area contributed by atoms with E-state index in [1.165, 1.54) is 0 Å². The van der Waals surface area contributed by atoms with E-state index in [4.69, 9.17) is 9.31 Å². The van der Waals surface area contributed by atoms with Crippen LogP contribution in [0.25, 0.3) is 0 Å². The Labute approximate surface area is 144 Å². The van der Waals surface area contributed by atoms with Crippen molar-refractivity contribution in [1.29, 1.82) is 0 Å². The first kappa shape index (κ1) is 17.5. The van der Waals surface area contributed by atoms with Crippen molar-refractivity contribution in [2.75, 3.05) is 13.1 Å². The number of carbonyl (C=O) groups excluding carboxylic acids is 1. The largest absolute Gasteiger partial charge is 0.495 e. The van der Waals surface area contributed by atoms with Crippen LogP contribution in [0.2, 0.25) is 0 Å². The molecule has 2 fully saturated rings. The number of hydrogen-bond donors (Lipinski definition) is 2. The summed E-state index contributed by atoms with van der Waals surface area (Å²) < 4.78 is 12.3. The highest BCUT2D eigenvalue weighted by Gasteiger charge is 2.52. The molecule has 0 radical (unpaired) electrons. The van der Waals surface area contributed by atoms with Gasteiger partial charge in [-0.2, -0.15) is 0 Å². The molecule has 1 aromatic rings. The SMILES string of the molecule is Cc1ccc(C(=O)NC2CCNC2)cc1B1OC(C)(C)C(C)(C)O1. The van der Waals surface area contributed by atoms with E-state index in [0.717, 1.165) is 30.5 Å². The van der Waals surface area contributed by atoms with Crippen LogP contribution < -0.4 is 16.1 Å². The van der Waals surface area contributed by atoms with Crippen molar-refractivity contribution in [2.45, 2.75) is 58.3 Å². The van der Waals surface area contributed by atoms with E-state index in [1.807, 2.05) is 52.8 Å². The van der Waals surface area contributed by atoms with Gasteiger partial charge in [-0.15, -0.1) is 0 Å². The van der Waals surface area contributed by atoms with E-state index < -0.39 is 18.3 Å². The van der Waals surface area contributed by atoms with Crippen LogP contribution in [-0.2, 0) is 9.31 Å². The molecule has 2 saturated heterocycles. The van der Waals surface area contributed by atoms with Crippen LogP contribution >= 0.6 is 0 Å². The van der Waals surface area contributed by atoms with Gasteiger partial charge in [0.15, 0.2) is 0 Å². The third-order valence-corrected chi connectivity index (χ3v) is 5.44. The van der Waals surface area contributed by atoms with Crippen LogP contribution in [0.4, 0.5) is 0 Å². The summed E-state index contributed by atoms with van der Waals surface area (Å²) in [6, 6.07) is 5.93. The minimum Gasteiger partial charge on any atom is -0.399 e. The molecular formula is C18H27BN2O3. The minimum atomic E-state index is -0.448. The van der Waals surface area contributed by atoms with Crippen molar-refractivity contribution >= 4 is 18.5 Å². The van der Waals surface area contributed by atoms with E-state index in [9.17, 15) is 4.79 Å². The molecule has 0 spiro atoms. The third kappa shape index (κ3) is 3.23. The molecule has 2 heterocycles. The quantitative estimate of drug-likeness (QED) is 0.823. The molecule has 1 aromatic carbocycles. The summed E-state index contributed by atoms with van der Waals surface area (Å²) in [5.41, 5.74) is 1.85. The summed E-state index contributed by atoms with van der Waals surface area (Å²) in [4.78, 5) is 12.5. The highest BCUT2D eigenvalue weighted by atomic mass is 16.7. The fourth-order valence-corrected chi connectivity index (χ4v) is 3.05. The van der Waals surface area contributed by atoms with Gasteiger partial charge in [-0.05, 0) is 65.2 Å². The summed E-state index contributed by atoms with van der Waals surface area (Å²) in [6.45, 7) is 11.9. The Balaban J connectivity index is 1.81. The van der Waals surface area contributed by atoms with Crippen LogP contribution in [0, 0.1) is 6.92 Å². The summed E-state index contributed by atoms with van der Waals surface area (Å²) in [5, 5.41) is 6.34. The van der Waals surface area contributed by atoms with Crippen LogP contribution in [0.1, 0.15) is 50.0 Å². The van der Waals surface area contributed by atoms with Crippen molar-refractivity contribution in [2.24, 2.45) is 0 Å². The average Bonchev–Trinajstić information content (AvgIpc) is 3.05. The molecule has 0 bridgehead atoms. The lowest BCUT2D eigenvalue weighted by atomic mass is 9.75. The lowest BCUT2D eigenvalue weighted by molar-refractivity contribution is 0.00578. The van der Waals surface area contributed by atoms with Gasteiger partial charge < -0.3 is 19.9 Å². The molecule has 1 amide bonds. The molecule has 2 aliphatic heterocycles. The Hall–Kier alpha value is -1.37. The molecule has 1 unspecified atom stereocenters. The molecule has 2 N–H and O–H groups in total. The summed E-state index contributed by atoms with van der Waals surface area (Å²) >= 11 is 0. The van der Waals surface area contributed by atoms with Crippen LogP contribution in [0.15, 0.2) is 18.2 Å². The zero-order valence-corrected chi connectivity index (χ0v) is 15.2. The van der Waals surface area contributed by atoms with Gasteiger partial charge in [0, 0.05) is 18.2 Å². The number of rotatable bonds is 3. The Morgan fingerprint density at radius 1 is 1.25 bits per heavy atom. The van der Waals surface area contributed by atoms with E-state index in [0.29, 0.717) is 5.56 Å². The maximum atomic E-state index is 12.5. The molecule has 0 aromatic heterocycles. The van der Waals surface area contributed by atoms with Gasteiger partial charge in [-0.1, -0.05) is 11.6 Å². The zero-order valence-electron chi connectivity index (χ0n) is 15.2. The van der Waals surface area contributed by atoms with E-state index in [2.05, 4.69) is 10.6 Å². The normalized spacial score (nSPS) is 25.0. The Bertz CT molecular complexity index is 623. The lowest BCUT2D eigenvalue weighted by Crippen LogP contribution is -2.41. The maximum Gasteiger partial charge on any atom is 0.495 e. The molecular weight excluding hydrogens is 303 g/mol. The van der Waals surface area contributed by atoms with Gasteiger partial charge in [-0.3, -0.25) is 4.79 Å². The zero-order chi connectivity index (χ0) is 17.5. The standard InChI is InChI=1S/C18H27BN2O3/c1-12-6-7-13(16(22)21-14-8-9-20-11-14)10-15(12)19-23-17(2,3)18(4,5)24-19/h6-7,10,14,20H,8-9,11H2,1-5H3,(H,21,22). The number of aryl methyl sites for hydroxylation is 1. The molecule has 130 valence electrons. The van der Waals surface area contributed by atoms with Crippen LogP contribution in [-0.4, -0.2) is 43.4 Å². The van der Waals surface area contributed by atoms with E-state index >= 15 is 0 Å². The second-order valence-corrected chi connectivity index (χ2v) is 7.82. The van der Waals surface area contributed by atoms with Crippen LogP contribution in [0.3, 0.4) is 0 Å². The van der Waals surface area contributed by atoms with E-state index in [-0.39, 0.29) is 11.9 Å². The summed E-state index contributed by atoms with van der Waals surface area (Å²) in [5.74, 6) is -0.0403. The van der Waals surface area contributed by atoms with Gasteiger partial charge in [0.05, 0.1) is 11.2 Å². The first-order valence-corrected chi connectivity index (χ1v) is 8.67. The molecule has 5 nitrogen and oxygen atoms in total. The predicted molar refractivity (Wildman–Crippen MR) is 95.6 cm³/mol. The van der Waals surface area contributed by atoms with Crippen molar-refractivity contribution in [3.8, 4) is 0 Å². The summed E-state index contributed by atoms with van der Waals surface area (Å²) in [7, 11) is -0.448. The fourth-order valence-electron chi connectivity index (χ4n) is 3.05. The fraction of sp³-hybridized carbons (Fsp3) is 0.611. The minimum absolute atomic E-state index is 0.0403. The predicted octanol–water partition coefficient (Wildman–Crippen LogP) is 1.39. The van der Waals surface area contributed by atoms with Crippen molar-refractivity contribution in [3.05, 3.63) is 29.3 Å². The van der Waals surface area contributed by atoms with Crippen molar-refractivity contribution in [1.82, 2.24) is 10.6 Å². The lowest BCUT2D eigenvalue weighted by Gasteiger charge is -2.32. The number of carbonyl (C=O) groups is 1. The average molecular weight is 330 g/mol. The molecule has 6 heteroatoms. The number of hydrogen-bond acceptors (Lipinski definition) is 4. The van der Waals surface area contributed by atoms with Gasteiger partial charge in [-0.25, -0.2) is 0 Å². The molecule has 0 aliphatic carbocycles. The first-order valence-electron chi connectivity index (χ1n) is 8.67. The smallest absolute Gasteiger partial charge is 0.399 e. The van der Waals surface area contributed by atoms with Crippen LogP contribution in [0.5, 0.6) is 0 Å². The maximum absolute atomic E-state index is 12.5. The Kier molecular flexibility index (Phi) is 4.49. The Morgan fingerprint density at radius 3 is 2.50 bits per heavy atom. The van der Waals surface area contributed by atoms with Gasteiger partial charge in [0.25, 0.3) is 5.91 Å². The molecule has 2 aliphatic rings. The summed E-state index contributed by atoms with van der Waals surface area (Å²) in [6.07, 6.45) is 0.974. The molecule has 3 rings (SSSR count). The highest BCUT2D eigenvalue weighted by molar-refractivity contribution is 6.62. The van der Waals surface area contributed by atoms with Crippen molar-refractivity contribution < 1.29 is 14.1 Å².